The van der Waals surface area contributed by atoms with E-state index in [4.69, 9.17) is 4.74 Å². The van der Waals surface area contributed by atoms with E-state index in [0.717, 1.165) is 17.6 Å². The van der Waals surface area contributed by atoms with Crippen LogP contribution in [0.1, 0.15) is 19.4 Å². The first kappa shape index (κ1) is 18.7. The van der Waals surface area contributed by atoms with Gasteiger partial charge in [0.1, 0.15) is 10.6 Å². The molecule has 134 valence electrons. The molecule has 0 radical (unpaired) electrons. The molecule has 0 aliphatic rings. The fourth-order valence-electron chi connectivity index (χ4n) is 2.29. The van der Waals surface area contributed by atoms with E-state index >= 15 is 0 Å². The van der Waals surface area contributed by atoms with Gasteiger partial charge in [0.05, 0.1) is 11.0 Å². The van der Waals surface area contributed by atoms with Crippen LogP contribution in [0.3, 0.4) is 0 Å². The van der Waals surface area contributed by atoms with Crippen LogP contribution < -0.4 is 10.1 Å². The van der Waals surface area contributed by atoms with Gasteiger partial charge in [0.15, 0.2) is 9.84 Å². The van der Waals surface area contributed by atoms with Gasteiger partial charge in [-0.05, 0) is 32.0 Å². The van der Waals surface area contributed by atoms with Crippen molar-refractivity contribution in [3.63, 3.8) is 0 Å². The van der Waals surface area contributed by atoms with Gasteiger partial charge in [0, 0.05) is 30.1 Å². The molecule has 0 fully saturated rings. The average molecular weight is 364 g/mol. The zero-order chi connectivity index (χ0) is 18.6. The molecule has 2 aromatic carbocycles. The number of rotatable bonds is 7. The Bertz CT molecular complexity index is 878. The minimum Gasteiger partial charge on any atom is -0.491 e. The van der Waals surface area contributed by atoms with Gasteiger partial charge < -0.3 is 10.1 Å². The summed E-state index contributed by atoms with van der Waals surface area (Å²) in [7, 11) is -3.71. The lowest BCUT2D eigenvalue weighted by Crippen LogP contribution is -2.09. The van der Waals surface area contributed by atoms with Gasteiger partial charge >= 0.3 is 0 Å². The predicted octanol–water partition coefficient (Wildman–Crippen LogP) is 3.40. The second-order valence-corrected chi connectivity index (χ2v) is 7.82. The first-order chi connectivity index (χ1) is 11.7. The van der Waals surface area contributed by atoms with Crippen LogP contribution in [0.5, 0.6) is 5.75 Å². The van der Waals surface area contributed by atoms with Crippen LogP contribution in [0.15, 0.2) is 47.4 Å². The molecule has 2 rings (SSSR count). The lowest BCUT2D eigenvalue weighted by Gasteiger charge is -2.15. The molecule has 25 heavy (non-hydrogen) atoms. The summed E-state index contributed by atoms with van der Waals surface area (Å²) in [6, 6.07) is 11.5. The van der Waals surface area contributed by atoms with Gasteiger partial charge in [-0.25, -0.2) is 8.42 Å². The summed E-state index contributed by atoms with van der Waals surface area (Å²) < 4.78 is 29.4. The van der Waals surface area contributed by atoms with E-state index in [2.05, 4.69) is 5.32 Å². The number of nitrogens with one attached hydrogen (secondary N) is 1. The number of nitrogens with zero attached hydrogens (tertiary/aromatic N) is 1. The van der Waals surface area contributed by atoms with Crippen molar-refractivity contribution < 1.29 is 18.1 Å². The Morgan fingerprint density at radius 3 is 2.48 bits per heavy atom. The van der Waals surface area contributed by atoms with E-state index in [1.807, 2.05) is 38.1 Å². The monoisotopic (exact) mass is 364 g/mol. The molecule has 0 aliphatic carbocycles. The number of hydrogen-bond acceptors (Lipinski definition) is 6. The quantitative estimate of drug-likeness (QED) is 0.597. The molecule has 8 heteroatoms. The van der Waals surface area contributed by atoms with Crippen LogP contribution in [-0.2, 0) is 16.4 Å². The molecular formula is C17H20N2O5S. The Hall–Kier alpha value is -2.61. The first-order valence-corrected chi connectivity index (χ1v) is 9.54. The van der Waals surface area contributed by atoms with Crippen molar-refractivity contribution in [1.82, 2.24) is 0 Å². The summed E-state index contributed by atoms with van der Waals surface area (Å²) in [6.45, 7) is 4.25. The third-order valence-electron chi connectivity index (χ3n) is 3.37. The Labute approximate surface area is 146 Å². The standard InChI is InChI=1S/C17H20N2O5S/c1-12(2)24-16-7-5-4-6-13(16)11-18-14-8-9-15(19(20)21)17(10-14)25(3,22)23/h4-10,12,18H,11H2,1-3H3. The fourth-order valence-corrected chi connectivity index (χ4v) is 3.15. The van der Waals surface area contributed by atoms with Crippen molar-refractivity contribution >= 4 is 21.2 Å². The van der Waals surface area contributed by atoms with Crippen molar-refractivity contribution in [1.29, 1.82) is 0 Å². The summed E-state index contributed by atoms with van der Waals surface area (Å²) >= 11 is 0. The number of sulfone groups is 1. The third kappa shape index (κ3) is 4.93. The largest absolute Gasteiger partial charge is 0.491 e. The molecule has 0 saturated heterocycles. The van der Waals surface area contributed by atoms with E-state index in [9.17, 15) is 18.5 Å². The van der Waals surface area contributed by atoms with Crippen molar-refractivity contribution in [3.05, 3.63) is 58.1 Å². The second kappa shape index (κ2) is 7.52. The van der Waals surface area contributed by atoms with Gasteiger partial charge in [0.25, 0.3) is 5.69 Å². The summed E-state index contributed by atoms with van der Waals surface area (Å²) in [5.74, 6) is 0.732. The molecule has 0 amide bonds. The fraction of sp³-hybridized carbons (Fsp3) is 0.294. The Morgan fingerprint density at radius 2 is 1.88 bits per heavy atom. The zero-order valence-electron chi connectivity index (χ0n) is 14.2. The summed E-state index contributed by atoms with van der Waals surface area (Å²) in [5.41, 5.74) is 0.942. The highest BCUT2D eigenvalue weighted by atomic mass is 32.2. The lowest BCUT2D eigenvalue weighted by molar-refractivity contribution is -0.387. The predicted molar refractivity (Wildman–Crippen MR) is 95.7 cm³/mol. The molecule has 0 unspecified atom stereocenters. The molecule has 0 aliphatic heterocycles. The molecule has 0 spiro atoms. The van der Waals surface area contributed by atoms with Crippen molar-refractivity contribution in [3.8, 4) is 5.75 Å². The number of benzene rings is 2. The average Bonchev–Trinajstić information content (AvgIpc) is 2.52. The van der Waals surface area contributed by atoms with Gasteiger partial charge in [0.2, 0.25) is 0 Å². The van der Waals surface area contributed by atoms with Crippen molar-refractivity contribution in [2.24, 2.45) is 0 Å². The highest BCUT2D eigenvalue weighted by Gasteiger charge is 2.22. The maximum atomic E-state index is 11.8. The highest BCUT2D eigenvalue weighted by Crippen LogP contribution is 2.28. The molecule has 0 aromatic heterocycles. The third-order valence-corrected chi connectivity index (χ3v) is 4.50. The Morgan fingerprint density at radius 1 is 1.20 bits per heavy atom. The minimum absolute atomic E-state index is 0.0253. The normalized spacial score (nSPS) is 11.4. The van der Waals surface area contributed by atoms with Crippen LogP contribution >= 0.6 is 0 Å². The molecule has 0 saturated carbocycles. The molecular weight excluding hydrogens is 344 g/mol. The number of anilines is 1. The van der Waals surface area contributed by atoms with E-state index < -0.39 is 20.4 Å². The summed E-state index contributed by atoms with van der Waals surface area (Å²) in [6.07, 6.45) is 0.975. The smallest absolute Gasteiger partial charge is 0.288 e. The van der Waals surface area contributed by atoms with Crippen molar-refractivity contribution in [2.45, 2.75) is 31.4 Å². The molecule has 1 N–H and O–H groups in total. The molecule has 0 heterocycles. The Kier molecular flexibility index (Phi) is 5.63. The van der Waals surface area contributed by atoms with Crippen LogP contribution in [-0.4, -0.2) is 25.7 Å². The zero-order valence-corrected chi connectivity index (χ0v) is 15.0. The first-order valence-electron chi connectivity index (χ1n) is 7.65. The summed E-state index contributed by atoms with van der Waals surface area (Å²) in [5, 5.41) is 14.1. The van der Waals surface area contributed by atoms with E-state index in [-0.39, 0.29) is 11.0 Å². The summed E-state index contributed by atoms with van der Waals surface area (Å²) in [4.78, 5) is 10.00. The number of hydrogen-bond donors (Lipinski definition) is 1. The van der Waals surface area contributed by atoms with Gasteiger partial charge in [-0.2, -0.15) is 0 Å². The molecule has 7 nitrogen and oxygen atoms in total. The van der Waals surface area contributed by atoms with Crippen LogP contribution in [0.4, 0.5) is 11.4 Å². The SMILES string of the molecule is CC(C)Oc1ccccc1CNc1ccc([N+](=O)[O-])c(S(C)(=O)=O)c1. The van der Waals surface area contributed by atoms with Gasteiger partial charge in [-0.1, -0.05) is 18.2 Å². The number of ether oxygens (including phenoxy) is 1. The molecule has 0 bridgehead atoms. The van der Waals surface area contributed by atoms with E-state index in [1.165, 1.54) is 18.2 Å². The second-order valence-electron chi connectivity index (χ2n) is 5.84. The van der Waals surface area contributed by atoms with Gasteiger partial charge in [-0.3, -0.25) is 10.1 Å². The van der Waals surface area contributed by atoms with Crippen molar-refractivity contribution in [2.75, 3.05) is 11.6 Å². The lowest BCUT2D eigenvalue weighted by atomic mass is 10.2. The van der Waals surface area contributed by atoms with Crippen LogP contribution in [0, 0.1) is 10.1 Å². The number of nitro groups is 1. The maximum absolute atomic E-state index is 11.8. The van der Waals surface area contributed by atoms with E-state index in [0.29, 0.717) is 12.2 Å². The van der Waals surface area contributed by atoms with Crippen LogP contribution in [0.2, 0.25) is 0 Å². The Balaban J connectivity index is 2.27. The van der Waals surface area contributed by atoms with Gasteiger partial charge in [-0.15, -0.1) is 0 Å². The maximum Gasteiger partial charge on any atom is 0.288 e. The minimum atomic E-state index is -3.71. The molecule has 0 atom stereocenters. The number of para-hydroxylation sites is 1. The topological polar surface area (TPSA) is 98.5 Å². The number of nitro benzene ring substituents is 1. The van der Waals surface area contributed by atoms with E-state index in [1.54, 1.807) is 0 Å². The molecule has 2 aromatic rings. The van der Waals surface area contributed by atoms with Crippen LogP contribution in [0.25, 0.3) is 0 Å². The highest BCUT2D eigenvalue weighted by molar-refractivity contribution is 7.90.